The molecule has 1 aromatic heterocycles. The first-order valence-electron chi connectivity index (χ1n) is 6.02. The van der Waals surface area contributed by atoms with Gasteiger partial charge in [0.15, 0.2) is 15.0 Å². The molecule has 0 bridgehead atoms. The molecule has 0 radical (unpaired) electrons. The van der Waals surface area contributed by atoms with E-state index in [0.29, 0.717) is 17.3 Å². The monoisotopic (exact) mass is 316 g/mol. The van der Waals surface area contributed by atoms with Gasteiger partial charge in [-0.2, -0.15) is 0 Å². The fourth-order valence-electron chi connectivity index (χ4n) is 2.24. The largest absolute Gasteiger partial charge is 0.361 e. The lowest BCUT2D eigenvalue weighted by atomic mass is 10.1. The number of rotatable bonds is 3. The van der Waals surface area contributed by atoms with Crippen LogP contribution >= 0.6 is 22.9 Å². The van der Waals surface area contributed by atoms with Crippen molar-refractivity contribution in [2.45, 2.75) is 6.42 Å². The van der Waals surface area contributed by atoms with Crippen LogP contribution in [0.3, 0.4) is 0 Å². The molecule has 1 aliphatic heterocycles. The van der Waals surface area contributed by atoms with Crippen LogP contribution in [0.5, 0.6) is 0 Å². The molecule has 1 unspecified atom stereocenters. The quantitative estimate of drug-likeness (QED) is 0.946. The van der Waals surface area contributed by atoms with Crippen molar-refractivity contribution in [3.63, 3.8) is 0 Å². The van der Waals surface area contributed by atoms with Gasteiger partial charge in [-0.05, 0) is 30.5 Å². The van der Waals surface area contributed by atoms with Gasteiger partial charge in [0.1, 0.15) is 0 Å². The van der Waals surface area contributed by atoms with E-state index in [9.17, 15) is 8.42 Å². The minimum Gasteiger partial charge on any atom is -0.361 e. The third-order valence-corrected chi connectivity index (χ3v) is 6.27. The van der Waals surface area contributed by atoms with Crippen molar-refractivity contribution in [3.05, 3.63) is 23.2 Å². The summed E-state index contributed by atoms with van der Waals surface area (Å²) in [6.07, 6.45) is 0.742. The van der Waals surface area contributed by atoms with E-state index >= 15 is 0 Å². The lowest BCUT2D eigenvalue weighted by Gasteiger charge is -2.07. The predicted molar refractivity (Wildman–Crippen MR) is 79.9 cm³/mol. The Hall–Kier alpha value is -0.850. The molecular formula is C12H13ClN2O2S2. The smallest absolute Gasteiger partial charge is 0.183 e. The van der Waals surface area contributed by atoms with Crippen molar-refractivity contribution in [2.24, 2.45) is 5.92 Å². The van der Waals surface area contributed by atoms with Gasteiger partial charge in [0.2, 0.25) is 0 Å². The molecule has 1 aromatic carbocycles. The highest BCUT2D eigenvalue weighted by molar-refractivity contribution is 7.91. The Morgan fingerprint density at radius 1 is 1.47 bits per heavy atom. The Bertz CT molecular complexity index is 712. The second kappa shape index (κ2) is 4.92. The fraction of sp³-hybridized carbons (Fsp3) is 0.417. The van der Waals surface area contributed by atoms with E-state index in [-0.39, 0.29) is 11.7 Å². The van der Waals surface area contributed by atoms with E-state index in [0.717, 1.165) is 21.8 Å². The van der Waals surface area contributed by atoms with E-state index < -0.39 is 9.84 Å². The number of benzene rings is 1. The number of sulfone groups is 1. The number of nitrogens with zero attached hydrogens (tertiary/aromatic N) is 1. The summed E-state index contributed by atoms with van der Waals surface area (Å²) in [6, 6.07) is 5.59. The molecule has 1 fully saturated rings. The van der Waals surface area contributed by atoms with Crippen LogP contribution in [0.15, 0.2) is 18.2 Å². The Morgan fingerprint density at radius 2 is 2.32 bits per heavy atom. The van der Waals surface area contributed by atoms with Crippen molar-refractivity contribution < 1.29 is 8.42 Å². The maximum atomic E-state index is 11.4. The number of hydrogen-bond acceptors (Lipinski definition) is 5. The van der Waals surface area contributed by atoms with Crippen molar-refractivity contribution in [3.8, 4) is 0 Å². The van der Waals surface area contributed by atoms with Crippen LogP contribution in [0.4, 0.5) is 5.13 Å². The number of hydrogen-bond donors (Lipinski definition) is 1. The van der Waals surface area contributed by atoms with E-state index in [1.54, 1.807) is 0 Å². The van der Waals surface area contributed by atoms with Crippen LogP contribution in [0.2, 0.25) is 5.02 Å². The van der Waals surface area contributed by atoms with E-state index in [2.05, 4.69) is 10.3 Å². The van der Waals surface area contributed by atoms with Crippen LogP contribution in [-0.4, -0.2) is 31.5 Å². The third kappa shape index (κ3) is 3.01. The van der Waals surface area contributed by atoms with Gasteiger partial charge in [-0.1, -0.05) is 22.9 Å². The molecule has 102 valence electrons. The Morgan fingerprint density at radius 3 is 3.05 bits per heavy atom. The normalized spacial score (nSPS) is 21.8. The highest BCUT2D eigenvalue weighted by Crippen LogP contribution is 2.29. The summed E-state index contributed by atoms with van der Waals surface area (Å²) < 4.78 is 23.8. The first kappa shape index (κ1) is 13.1. The third-order valence-electron chi connectivity index (χ3n) is 3.22. The van der Waals surface area contributed by atoms with Gasteiger partial charge >= 0.3 is 0 Å². The van der Waals surface area contributed by atoms with E-state index in [4.69, 9.17) is 11.6 Å². The summed E-state index contributed by atoms with van der Waals surface area (Å²) in [7, 11) is -2.80. The molecule has 0 saturated carbocycles. The van der Waals surface area contributed by atoms with Crippen LogP contribution in [0.25, 0.3) is 10.2 Å². The van der Waals surface area contributed by atoms with Crippen molar-refractivity contribution in [1.82, 2.24) is 4.98 Å². The van der Waals surface area contributed by atoms with Crippen LogP contribution in [0.1, 0.15) is 6.42 Å². The number of thiazole rings is 1. The Kier molecular flexibility index (Phi) is 3.41. The number of nitrogens with one attached hydrogen (secondary N) is 1. The SMILES string of the molecule is O=S1(=O)CCC(CNc2nc3ccc(Cl)cc3s2)C1. The zero-order chi connectivity index (χ0) is 13.5. The van der Waals surface area contributed by atoms with Crippen LogP contribution < -0.4 is 5.32 Å². The zero-order valence-corrected chi connectivity index (χ0v) is 12.5. The molecule has 1 saturated heterocycles. The van der Waals surface area contributed by atoms with Crippen molar-refractivity contribution >= 4 is 48.1 Å². The zero-order valence-electron chi connectivity index (χ0n) is 10.1. The Labute approximate surface area is 120 Å². The van der Waals surface area contributed by atoms with Crippen LogP contribution in [-0.2, 0) is 9.84 Å². The van der Waals surface area contributed by atoms with Crippen LogP contribution in [0, 0.1) is 5.92 Å². The first-order chi connectivity index (χ1) is 9.02. The topological polar surface area (TPSA) is 59.1 Å². The lowest BCUT2D eigenvalue weighted by Crippen LogP contribution is -2.15. The average Bonchev–Trinajstić information content (AvgIpc) is 2.89. The number of aromatic nitrogens is 1. The first-order valence-corrected chi connectivity index (χ1v) is 9.04. The molecule has 0 aliphatic carbocycles. The lowest BCUT2D eigenvalue weighted by molar-refractivity contribution is 0.596. The molecule has 4 nitrogen and oxygen atoms in total. The molecule has 3 rings (SSSR count). The Balaban J connectivity index is 1.69. The molecule has 7 heteroatoms. The maximum Gasteiger partial charge on any atom is 0.183 e. The summed E-state index contributed by atoms with van der Waals surface area (Å²) in [5.41, 5.74) is 0.913. The summed E-state index contributed by atoms with van der Waals surface area (Å²) in [5, 5.41) is 4.75. The standard InChI is InChI=1S/C12H13ClN2O2S2/c13-9-1-2-10-11(5-9)18-12(15-10)14-6-8-3-4-19(16,17)7-8/h1-2,5,8H,3-4,6-7H2,(H,14,15). The molecule has 2 heterocycles. The second-order valence-electron chi connectivity index (χ2n) is 4.78. The molecule has 0 spiro atoms. The van der Waals surface area contributed by atoms with E-state index in [1.807, 2.05) is 18.2 Å². The molecule has 1 N–H and O–H groups in total. The number of halogens is 1. The van der Waals surface area contributed by atoms with Gasteiger partial charge in [0.25, 0.3) is 0 Å². The molecular weight excluding hydrogens is 304 g/mol. The summed E-state index contributed by atoms with van der Waals surface area (Å²) >= 11 is 7.47. The van der Waals surface area contributed by atoms with Gasteiger partial charge in [-0.25, -0.2) is 13.4 Å². The van der Waals surface area contributed by atoms with Gasteiger partial charge < -0.3 is 5.32 Å². The van der Waals surface area contributed by atoms with Crippen molar-refractivity contribution in [1.29, 1.82) is 0 Å². The maximum absolute atomic E-state index is 11.4. The molecule has 2 aromatic rings. The molecule has 0 amide bonds. The highest BCUT2D eigenvalue weighted by atomic mass is 35.5. The van der Waals surface area contributed by atoms with Gasteiger partial charge in [-0.15, -0.1) is 0 Å². The van der Waals surface area contributed by atoms with Gasteiger partial charge in [0, 0.05) is 11.6 Å². The average molecular weight is 317 g/mol. The minimum atomic E-state index is -2.80. The molecule has 1 atom stereocenters. The number of fused-ring (bicyclic) bond motifs is 1. The second-order valence-corrected chi connectivity index (χ2v) is 8.48. The van der Waals surface area contributed by atoms with Gasteiger partial charge in [-0.3, -0.25) is 0 Å². The summed E-state index contributed by atoms with van der Waals surface area (Å²) in [4.78, 5) is 4.45. The highest BCUT2D eigenvalue weighted by Gasteiger charge is 2.27. The fourth-order valence-corrected chi connectivity index (χ4v) is 5.25. The van der Waals surface area contributed by atoms with E-state index in [1.165, 1.54) is 11.3 Å². The van der Waals surface area contributed by atoms with Gasteiger partial charge in [0.05, 0.1) is 21.7 Å². The summed E-state index contributed by atoms with van der Waals surface area (Å²) in [5.74, 6) is 0.798. The number of anilines is 1. The minimum absolute atomic E-state index is 0.195. The molecule has 19 heavy (non-hydrogen) atoms. The predicted octanol–water partition coefficient (Wildman–Crippen LogP) is 2.80. The molecule has 1 aliphatic rings. The summed E-state index contributed by atoms with van der Waals surface area (Å²) in [6.45, 7) is 0.660. The van der Waals surface area contributed by atoms with Crippen molar-refractivity contribution in [2.75, 3.05) is 23.4 Å².